The maximum atomic E-state index is 13.2. The van der Waals surface area contributed by atoms with Crippen LogP contribution in [0.4, 0.5) is 0 Å². The first-order valence-electron chi connectivity index (χ1n) is 8.90. The van der Waals surface area contributed by atoms with Gasteiger partial charge in [0.2, 0.25) is 0 Å². The van der Waals surface area contributed by atoms with Crippen molar-refractivity contribution in [3.63, 3.8) is 0 Å². The molecule has 146 valence electrons. The summed E-state index contributed by atoms with van der Waals surface area (Å²) in [4.78, 5) is 0. The largest absolute Gasteiger partial charge is 0.356 e. The molecule has 0 saturated heterocycles. The van der Waals surface area contributed by atoms with Gasteiger partial charge in [-0.15, -0.1) is 11.3 Å². The first kappa shape index (κ1) is 19.8. The summed E-state index contributed by atoms with van der Waals surface area (Å²) in [6.45, 7) is 9.13. The van der Waals surface area contributed by atoms with E-state index < -0.39 is 10.0 Å². The molecule has 3 aromatic heterocycles. The van der Waals surface area contributed by atoms with Gasteiger partial charge in [0, 0.05) is 30.1 Å². The van der Waals surface area contributed by atoms with E-state index in [9.17, 15) is 8.42 Å². The lowest BCUT2D eigenvalue weighted by Crippen LogP contribution is -2.31. The van der Waals surface area contributed by atoms with Crippen LogP contribution in [0.3, 0.4) is 0 Å². The highest BCUT2D eigenvalue weighted by Gasteiger charge is 2.27. The molecule has 0 bridgehead atoms. The Morgan fingerprint density at radius 2 is 1.96 bits per heavy atom. The lowest BCUT2D eigenvalue weighted by Gasteiger charge is -2.20. The van der Waals surface area contributed by atoms with Gasteiger partial charge in [0.25, 0.3) is 10.0 Å². The third-order valence-electron chi connectivity index (χ3n) is 4.19. The molecule has 0 saturated carbocycles. The van der Waals surface area contributed by atoms with Crippen molar-refractivity contribution in [2.24, 2.45) is 0 Å². The molecule has 0 aromatic carbocycles. The normalized spacial score (nSPS) is 12.2. The molecule has 0 unspecified atom stereocenters. The van der Waals surface area contributed by atoms with Crippen molar-refractivity contribution in [1.82, 2.24) is 19.2 Å². The van der Waals surface area contributed by atoms with E-state index in [2.05, 4.69) is 17.2 Å². The lowest BCUT2D eigenvalue weighted by atomic mass is 10.2. The van der Waals surface area contributed by atoms with Gasteiger partial charge in [-0.2, -0.15) is 9.40 Å². The molecular weight excluding hydrogens is 384 g/mol. The van der Waals surface area contributed by atoms with Crippen LogP contribution in [0.5, 0.6) is 0 Å². The van der Waals surface area contributed by atoms with E-state index in [1.54, 1.807) is 17.5 Å². The molecule has 0 radical (unpaired) electrons. The minimum Gasteiger partial charge on any atom is -0.356 e. The summed E-state index contributed by atoms with van der Waals surface area (Å²) in [6.07, 6.45) is 0.942. The number of hydrogen-bond acceptors (Lipinski definition) is 6. The van der Waals surface area contributed by atoms with Crippen molar-refractivity contribution in [3.8, 4) is 11.3 Å². The Balaban J connectivity index is 1.87. The number of thiophene rings is 1. The zero-order valence-corrected chi connectivity index (χ0v) is 17.6. The number of nitrogens with zero attached hydrogens (tertiary/aromatic N) is 4. The zero-order valence-electron chi connectivity index (χ0n) is 16.0. The fourth-order valence-corrected chi connectivity index (χ4v) is 5.63. The smallest absolute Gasteiger partial charge is 0.252 e. The summed E-state index contributed by atoms with van der Waals surface area (Å²) in [6, 6.07) is 5.39. The molecule has 7 nitrogen and oxygen atoms in total. The number of aromatic nitrogens is 3. The molecular formula is C18H24N4O3S2. The standard InChI is InChI=1S/C18H24N4O3S2/c1-5-7-22-16(8-13(3)19-22)11-21(6-2)27(23,24)18-10-15(12-26-18)17-9-14(4)20-25-17/h8-10,12H,5-7,11H2,1-4H3. The second-order valence-corrected chi connectivity index (χ2v) is 9.49. The highest BCUT2D eigenvalue weighted by atomic mass is 32.2. The van der Waals surface area contributed by atoms with Gasteiger partial charge in [-0.3, -0.25) is 4.68 Å². The van der Waals surface area contributed by atoms with E-state index in [0.717, 1.165) is 35.6 Å². The van der Waals surface area contributed by atoms with E-state index in [1.165, 1.54) is 15.6 Å². The summed E-state index contributed by atoms with van der Waals surface area (Å²) in [7, 11) is -3.60. The predicted molar refractivity (Wildman–Crippen MR) is 105 cm³/mol. The average molecular weight is 409 g/mol. The minimum atomic E-state index is -3.60. The Morgan fingerprint density at radius 3 is 2.59 bits per heavy atom. The van der Waals surface area contributed by atoms with Crippen LogP contribution in [0, 0.1) is 13.8 Å². The van der Waals surface area contributed by atoms with Gasteiger partial charge >= 0.3 is 0 Å². The molecule has 0 aliphatic carbocycles. The number of rotatable bonds is 8. The molecule has 0 fully saturated rings. The van der Waals surface area contributed by atoms with Gasteiger partial charge in [-0.1, -0.05) is 19.0 Å². The van der Waals surface area contributed by atoms with Gasteiger partial charge < -0.3 is 4.52 Å². The third kappa shape index (κ3) is 4.15. The first-order valence-corrected chi connectivity index (χ1v) is 11.2. The maximum Gasteiger partial charge on any atom is 0.252 e. The molecule has 9 heteroatoms. The average Bonchev–Trinajstić information content (AvgIpc) is 3.33. The fourth-order valence-electron chi connectivity index (χ4n) is 2.89. The van der Waals surface area contributed by atoms with Crippen molar-refractivity contribution < 1.29 is 12.9 Å². The van der Waals surface area contributed by atoms with Crippen LogP contribution < -0.4 is 0 Å². The molecule has 27 heavy (non-hydrogen) atoms. The van der Waals surface area contributed by atoms with Gasteiger partial charge in [0.15, 0.2) is 5.76 Å². The molecule has 3 heterocycles. The van der Waals surface area contributed by atoms with Crippen molar-refractivity contribution in [3.05, 3.63) is 40.7 Å². The lowest BCUT2D eigenvalue weighted by molar-refractivity contribution is 0.405. The van der Waals surface area contributed by atoms with Crippen LogP contribution in [0.25, 0.3) is 11.3 Å². The summed E-state index contributed by atoms with van der Waals surface area (Å²) in [5.74, 6) is 0.574. The van der Waals surface area contributed by atoms with Crippen molar-refractivity contribution >= 4 is 21.4 Å². The molecule has 0 N–H and O–H groups in total. The Bertz CT molecular complexity index is 1020. The maximum absolute atomic E-state index is 13.2. The van der Waals surface area contributed by atoms with Crippen molar-refractivity contribution in [2.75, 3.05) is 6.54 Å². The Morgan fingerprint density at radius 1 is 1.19 bits per heavy atom. The van der Waals surface area contributed by atoms with E-state index in [-0.39, 0.29) is 0 Å². The van der Waals surface area contributed by atoms with Crippen molar-refractivity contribution in [1.29, 1.82) is 0 Å². The van der Waals surface area contributed by atoms with Gasteiger partial charge in [-0.25, -0.2) is 8.42 Å². The highest BCUT2D eigenvalue weighted by Crippen LogP contribution is 2.31. The third-order valence-corrected chi connectivity index (χ3v) is 7.53. The highest BCUT2D eigenvalue weighted by molar-refractivity contribution is 7.91. The number of sulfonamides is 1. The molecule has 0 spiro atoms. The first-order chi connectivity index (χ1) is 12.8. The van der Waals surface area contributed by atoms with Crippen LogP contribution in [-0.4, -0.2) is 34.2 Å². The van der Waals surface area contributed by atoms with Crippen LogP contribution in [0.2, 0.25) is 0 Å². The second kappa shape index (κ2) is 7.95. The van der Waals surface area contributed by atoms with Crippen LogP contribution in [-0.2, 0) is 23.1 Å². The summed E-state index contributed by atoms with van der Waals surface area (Å²) in [5, 5.41) is 10.1. The predicted octanol–water partition coefficient (Wildman–Crippen LogP) is 3.84. The van der Waals surface area contributed by atoms with Crippen LogP contribution in [0.1, 0.15) is 37.4 Å². The van der Waals surface area contributed by atoms with Crippen LogP contribution >= 0.6 is 11.3 Å². The second-order valence-electron chi connectivity index (χ2n) is 6.42. The minimum absolute atomic E-state index is 0.298. The van der Waals surface area contributed by atoms with Crippen molar-refractivity contribution in [2.45, 2.75) is 51.4 Å². The monoisotopic (exact) mass is 408 g/mol. The molecule has 0 aliphatic heterocycles. The van der Waals surface area contributed by atoms with Gasteiger partial charge in [0.1, 0.15) is 4.21 Å². The van der Waals surface area contributed by atoms with E-state index in [4.69, 9.17) is 4.52 Å². The molecule has 0 atom stereocenters. The van der Waals surface area contributed by atoms with E-state index >= 15 is 0 Å². The van der Waals surface area contributed by atoms with E-state index in [0.29, 0.717) is 23.1 Å². The quantitative estimate of drug-likeness (QED) is 0.566. The van der Waals surface area contributed by atoms with Crippen LogP contribution in [0.15, 0.2) is 32.3 Å². The van der Waals surface area contributed by atoms with E-state index in [1.807, 2.05) is 31.5 Å². The molecule has 0 amide bonds. The summed E-state index contributed by atoms with van der Waals surface area (Å²) in [5.41, 5.74) is 3.28. The topological polar surface area (TPSA) is 81.2 Å². The number of hydrogen-bond donors (Lipinski definition) is 0. The summed E-state index contributed by atoms with van der Waals surface area (Å²) >= 11 is 1.19. The Hall–Kier alpha value is -1.97. The van der Waals surface area contributed by atoms with Gasteiger partial charge in [-0.05, 0) is 32.4 Å². The number of aryl methyl sites for hydroxylation is 3. The Labute approximate surface area is 163 Å². The molecule has 0 aliphatic rings. The SMILES string of the molecule is CCCn1nc(C)cc1CN(CC)S(=O)(=O)c1cc(-c2cc(C)no2)cs1. The zero-order chi connectivity index (χ0) is 19.6. The fraction of sp³-hybridized carbons (Fsp3) is 0.444. The molecule has 3 aromatic rings. The molecule has 3 rings (SSSR count). The van der Waals surface area contributed by atoms with Gasteiger partial charge in [0.05, 0.1) is 23.6 Å². The summed E-state index contributed by atoms with van der Waals surface area (Å²) < 4.78 is 35.2. The Kier molecular flexibility index (Phi) is 5.83.